The second-order valence-corrected chi connectivity index (χ2v) is 3.37. The van der Waals surface area contributed by atoms with Crippen molar-refractivity contribution in [2.24, 2.45) is 5.73 Å². The summed E-state index contributed by atoms with van der Waals surface area (Å²) < 4.78 is 5.43. The van der Waals surface area contributed by atoms with Crippen LogP contribution in [0.25, 0.3) is 0 Å². The van der Waals surface area contributed by atoms with E-state index in [4.69, 9.17) is 15.9 Å². The molecule has 0 aromatic heterocycles. The molecule has 3 heteroatoms. The first-order valence-electron chi connectivity index (χ1n) is 4.62. The van der Waals surface area contributed by atoms with Crippen LogP contribution in [0.4, 0.5) is 0 Å². The van der Waals surface area contributed by atoms with E-state index >= 15 is 0 Å². The highest BCUT2D eigenvalue weighted by molar-refractivity contribution is 5.76. The lowest BCUT2D eigenvalue weighted by molar-refractivity contribution is 0.328. The third kappa shape index (κ3) is 3.09. The number of benzene rings is 1. The van der Waals surface area contributed by atoms with Crippen LogP contribution < -0.4 is 10.5 Å². The molecule has 0 spiro atoms. The van der Waals surface area contributed by atoms with Crippen molar-refractivity contribution in [1.82, 2.24) is 0 Å². The standard InChI is InChI=1S/C11H16N2O/c1-8-3-4-10(7-9(8)2)14-6-5-11(12)13/h3-4,7H,5-6H2,1-2H3,(H3,12,13). The van der Waals surface area contributed by atoms with Crippen LogP contribution in [0, 0.1) is 19.3 Å². The van der Waals surface area contributed by atoms with Crippen LogP contribution in [0.5, 0.6) is 5.75 Å². The van der Waals surface area contributed by atoms with Gasteiger partial charge in [-0.25, -0.2) is 0 Å². The van der Waals surface area contributed by atoms with Gasteiger partial charge in [0, 0.05) is 6.42 Å². The van der Waals surface area contributed by atoms with Crippen LogP contribution in [-0.4, -0.2) is 12.4 Å². The summed E-state index contributed by atoms with van der Waals surface area (Å²) >= 11 is 0. The van der Waals surface area contributed by atoms with Crippen molar-refractivity contribution in [2.45, 2.75) is 20.3 Å². The summed E-state index contributed by atoms with van der Waals surface area (Å²) in [4.78, 5) is 0. The number of hydrogen-bond donors (Lipinski definition) is 2. The van der Waals surface area contributed by atoms with Crippen molar-refractivity contribution < 1.29 is 4.74 Å². The van der Waals surface area contributed by atoms with Crippen molar-refractivity contribution in [3.05, 3.63) is 29.3 Å². The molecule has 0 aliphatic heterocycles. The van der Waals surface area contributed by atoms with E-state index in [1.807, 2.05) is 25.1 Å². The number of rotatable bonds is 4. The molecule has 0 bridgehead atoms. The average Bonchev–Trinajstić information content (AvgIpc) is 2.10. The Morgan fingerprint density at radius 2 is 2.07 bits per heavy atom. The normalized spacial score (nSPS) is 9.86. The smallest absolute Gasteiger partial charge is 0.119 e. The number of amidine groups is 1. The van der Waals surface area contributed by atoms with Crippen molar-refractivity contribution in [1.29, 1.82) is 5.41 Å². The number of aryl methyl sites for hydroxylation is 2. The van der Waals surface area contributed by atoms with E-state index in [-0.39, 0.29) is 5.84 Å². The van der Waals surface area contributed by atoms with Crippen LogP contribution in [0.1, 0.15) is 17.5 Å². The number of hydrogen-bond acceptors (Lipinski definition) is 2. The van der Waals surface area contributed by atoms with Gasteiger partial charge in [0.1, 0.15) is 5.75 Å². The fourth-order valence-corrected chi connectivity index (χ4v) is 1.08. The van der Waals surface area contributed by atoms with Gasteiger partial charge in [-0.1, -0.05) is 6.07 Å². The van der Waals surface area contributed by atoms with Crippen LogP contribution in [0.3, 0.4) is 0 Å². The van der Waals surface area contributed by atoms with Gasteiger partial charge in [0.15, 0.2) is 0 Å². The molecule has 3 N–H and O–H groups in total. The summed E-state index contributed by atoms with van der Waals surface area (Å²) in [5, 5.41) is 7.03. The maximum absolute atomic E-state index is 7.03. The van der Waals surface area contributed by atoms with E-state index in [1.54, 1.807) is 0 Å². The SMILES string of the molecule is Cc1ccc(OCCC(=N)N)cc1C. The van der Waals surface area contributed by atoms with Crippen LogP contribution in [0.2, 0.25) is 0 Å². The van der Waals surface area contributed by atoms with E-state index in [1.165, 1.54) is 11.1 Å². The summed E-state index contributed by atoms with van der Waals surface area (Å²) in [7, 11) is 0. The highest BCUT2D eigenvalue weighted by Crippen LogP contribution is 2.16. The quantitative estimate of drug-likeness (QED) is 0.566. The number of ether oxygens (including phenoxy) is 1. The summed E-state index contributed by atoms with van der Waals surface area (Å²) in [5.74, 6) is 1.00. The summed E-state index contributed by atoms with van der Waals surface area (Å²) in [6.07, 6.45) is 0.479. The van der Waals surface area contributed by atoms with E-state index in [0.29, 0.717) is 13.0 Å². The molecule has 1 aromatic carbocycles. The van der Waals surface area contributed by atoms with Crippen molar-refractivity contribution >= 4 is 5.84 Å². The second-order valence-electron chi connectivity index (χ2n) is 3.37. The van der Waals surface area contributed by atoms with E-state index < -0.39 is 0 Å². The molecular formula is C11H16N2O. The molecule has 0 aliphatic rings. The Kier molecular flexibility index (Phi) is 3.51. The minimum Gasteiger partial charge on any atom is -0.493 e. The second kappa shape index (κ2) is 4.65. The van der Waals surface area contributed by atoms with Gasteiger partial charge in [0.25, 0.3) is 0 Å². The number of nitrogens with two attached hydrogens (primary N) is 1. The third-order valence-corrected chi connectivity index (χ3v) is 2.12. The van der Waals surface area contributed by atoms with Gasteiger partial charge in [-0.3, -0.25) is 5.41 Å². The van der Waals surface area contributed by atoms with Gasteiger partial charge in [0.2, 0.25) is 0 Å². The minimum atomic E-state index is 0.161. The predicted molar refractivity (Wildman–Crippen MR) is 57.9 cm³/mol. The Bertz CT molecular complexity index is 334. The zero-order valence-electron chi connectivity index (χ0n) is 8.63. The first-order chi connectivity index (χ1) is 6.59. The van der Waals surface area contributed by atoms with Gasteiger partial charge in [-0.15, -0.1) is 0 Å². The van der Waals surface area contributed by atoms with E-state index in [9.17, 15) is 0 Å². The topological polar surface area (TPSA) is 59.1 Å². The highest BCUT2D eigenvalue weighted by Gasteiger charge is 1.97. The van der Waals surface area contributed by atoms with Gasteiger partial charge < -0.3 is 10.5 Å². The molecule has 0 saturated heterocycles. The van der Waals surface area contributed by atoms with E-state index in [0.717, 1.165) is 5.75 Å². The molecule has 0 aliphatic carbocycles. The average molecular weight is 192 g/mol. The molecule has 1 aromatic rings. The lowest BCUT2D eigenvalue weighted by Crippen LogP contribution is -2.13. The molecule has 0 saturated carbocycles. The molecule has 0 atom stereocenters. The van der Waals surface area contributed by atoms with Crippen molar-refractivity contribution in [2.75, 3.05) is 6.61 Å². The molecule has 76 valence electrons. The summed E-state index contributed by atoms with van der Waals surface area (Å²) in [6, 6.07) is 5.95. The lowest BCUT2D eigenvalue weighted by Gasteiger charge is -2.07. The first kappa shape index (κ1) is 10.6. The zero-order valence-corrected chi connectivity index (χ0v) is 8.63. The highest BCUT2D eigenvalue weighted by atomic mass is 16.5. The van der Waals surface area contributed by atoms with Gasteiger partial charge >= 0.3 is 0 Å². The maximum atomic E-state index is 7.03. The largest absolute Gasteiger partial charge is 0.493 e. The van der Waals surface area contributed by atoms with Crippen molar-refractivity contribution in [3.8, 4) is 5.75 Å². The molecule has 14 heavy (non-hydrogen) atoms. The summed E-state index contributed by atoms with van der Waals surface area (Å²) in [6.45, 7) is 4.58. The first-order valence-corrected chi connectivity index (χ1v) is 4.62. The fraction of sp³-hybridized carbons (Fsp3) is 0.364. The molecule has 1 rings (SSSR count). The minimum absolute atomic E-state index is 0.161. The zero-order chi connectivity index (χ0) is 10.6. The Morgan fingerprint density at radius 3 is 2.64 bits per heavy atom. The molecule has 0 unspecified atom stereocenters. The van der Waals surface area contributed by atoms with Gasteiger partial charge in [-0.05, 0) is 37.1 Å². The maximum Gasteiger partial charge on any atom is 0.119 e. The lowest BCUT2D eigenvalue weighted by atomic mass is 10.1. The van der Waals surface area contributed by atoms with E-state index in [2.05, 4.69) is 6.92 Å². The molecule has 3 nitrogen and oxygen atoms in total. The summed E-state index contributed by atoms with van der Waals surface area (Å²) in [5.41, 5.74) is 7.68. The van der Waals surface area contributed by atoms with Gasteiger partial charge in [-0.2, -0.15) is 0 Å². The predicted octanol–water partition coefficient (Wildman–Crippen LogP) is 2.01. The van der Waals surface area contributed by atoms with Crippen LogP contribution >= 0.6 is 0 Å². The molecular weight excluding hydrogens is 176 g/mol. The van der Waals surface area contributed by atoms with Crippen molar-refractivity contribution in [3.63, 3.8) is 0 Å². The molecule has 0 fully saturated rings. The Balaban J connectivity index is 2.51. The monoisotopic (exact) mass is 192 g/mol. The molecule has 0 radical (unpaired) electrons. The molecule has 0 amide bonds. The number of nitrogens with one attached hydrogen (secondary N) is 1. The Labute approximate surface area is 84.4 Å². The van der Waals surface area contributed by atoms with Crippen LogP contribution in [0.15, 0.2) is 18.2 Å². The Hall–Kier alpha value is -1.51. The third-order valence-electron chi connectivity index (χ3n) is 2.12. The van der Waals surface area contributed by atoms with Gasteiger partial charge in [0.05, 0.1) is 12.4 Å². The molecule has 0 heterocycles. The Morgan fingerprint density at radius 1 is 1.36 bits per heavy atom. The fourth-order valence-electron chi connectivity index (χ4n) is 1.08. The van der Waals surface area contributed by atoms with Crippen LogP contribution in [-0.2, 0) is 0 Å².